The van der Waals surface area contributed by atoms with Crippen LogP contribution in [0.5, 0.6) is 0 Å². The molecule has 0 radical (unpaired) electrons. The van der Waals surface area contributed by atoms with Crippen LogP contribution in [0.1, 0.15) is 245 Å². The molecule has 1 atom stereocenters. The first-order chi connectivity index (χ1) is 32.6. The maximum absolute atomic E-state index is 12.3. The summed E-state index contributed by atoms with van der Waals surface area (Å²) in [4.78, 5) is 24.5. The summed E-state index contributed by atoms with van der Waals surface area (Å²) < 4.78 is 10.7. The number of esters is 2. The average Bonchev–Trinajstić information content (AvgIpc) is 3.32. The lowest BCUT2D eigenvalue weighted by Crippen LogP contribution is -2.28. The van der Waals surface area contributed by atoms with E-state index < -0.39 is 6.10 Å². The fourth-order valence-corrected chi connectivity index (χ4v) is 7.45. The van der Waals surface area contributed by atoms with E-state index >= 15 is 0 Å². The Kier molecular flexibility index (Phi) is 53.0. The first kappa shape index (κ1) is 62.6. The van der Waals surface area contributed by atoms with E-state index in [1.54, 1.807) is 0 Å². The standard InChI is InChI=1S/C61H102O5/c1-3-5-7-9-11-13-15-17-19-21-23-25-27-28-29-30-31-32-34-35-37-39-41-43-45-47-49-51-53-55-60(63)65-58-59(57-62)66-61(64)56-54-52-50-48-46-44-42-40-38-36-33-26-24-22-20-18-16-14-12-10-8-6-4-2/h6,8,12,14-15,17-18,20-21,23-24,26-28,36,38,42,44,59,62H,3-5,7,9-11,13,16,19,22,25,29-35,37,39-41,43,45-58H2,1-2H3/b8-6-,14-12-,17-15-,20-18-,23-21-,26-24-,28-27-,38-36-,44-42-. The lowest BCUT2D eigenvalue weighted by Gasteiger charge is -2.15. The van der Waals surface area contributed by atoms with Crippen molar-refractivity contribution in [3.8, 4) is 0 Å². The Morgan fingerprint density at radius 3 is 0.985 bits per heavy atom. The molecule has 0 aliphatic heterocycles. The zero-order valence-corrected chi connectivity index (χ0v) is 42.9. The van der Waals surface area contributed by atoms with Gasteiger partial charge in [-0.25, -0.2) is 0 Å². The zero-order chi connectivity index (χ0) is 47.7. The SMILES string of the molecule is CC/C=C\C/C=C\C/C=C\C/C=C\C/C=C\C/C=C\CCCCCCC(=O)OC(CO)COC(=O)CCCCCCCCCCCCCCCC/C=C\C/C=C\C/C=C\CCCCCCC. The van der Waals surface area contributed by atoms with Gasteiger partial charge in [-0.1, -0.05) is 239 Å². The first-order valence-electron chi connectivity index (χ1n) is 27.4. The van der Waals surface area contributed by atoms with E-state index in [4.69, 9.17) is 9.47 Å². The van der Waals surface area contributed by atoms with Gasteiger partial charge in [0, 0.05) is 12.8 Å². The second-order valence-corrected chi connectivity index (χ2v) is 17.9. The Labute approximate surface area is 408 Å². The number of allylic oxidation sites excluding steroid dienone is 18. The van der Waals surface area contributed by atoms with Gasteiger partial charge in [0.15, 0.2) is 6.10 Å². The summed E-state index contributed by atoms with van der Waals surface area (Å²) in [5, 5.41) is 9.64. The summed E-state index contributed by atoms with van der Waals surface area (Å²) in [6, 6.07) is 0. The maximum atomic E-state index is 12.3. The van der Waals surface area contributed by atoms with E-state index in [1.807, 2.05) is 0 Å². The highest BCUT2D eigenvalue weighted by Gasteiger charge is 2.16. The molecule has 0 rings (SSSR count). The van der Waals surface area contributed by atoms with Crippen molar-refractivity contribution in [2.24, 2.45) is 0 Å². The fraction of sp³-hybridized carbons (Fsp3) is 0.672. The molecule has 0 fully saturated rings. The number of ether oxygens (including phenoxy) is 2. The maximum Gasteiger partial charge on any atom is 0.306 e. The smallest absolute Gasteiger partial charge is 0.306 e. The minimum atomic E-state index is -0.794. The van der Waals surface area contributed by atoms with Crippen LogP contribution < -0.4 is 0 Å². The number of hydrogen-bond acceptors (Lipinski definition) is 5. The molecule has 1 unspecified atom stereocenters. The van der Waals surface area contributed by atoms with E-state index in [1.165, 1.54) is 116 Å². The van der Waals surface area contributed by atoms with Crippen LogP contribution in [0, 0.1) is 0 Å². The summed E-state index contributed by atoms with van der Waals surface area (Å²) in [7, 11) is 0. The second-order valence-electron chi connectivity index (χ2n) is 17.9. The molecule has 0 saturated heterocycles. The van der Waals surface area contributed by atoms with Crippen molar-refractivity contribution in [3.63, 3.8) is 0 Å². The molecule has 0 aromatic heterocycles. The molecule has 66 heavy (non-hydrogen) atoms. The molecule has 0 saturated carbocycles. The highest BCUT2D eigenvalue weighted by Crippen LogP contribution is 2.15. The summed E-state index contributed by atoms with van der Waals surface area (Å²) in [5.74, 6) is -0.623. The Morgan fingerprint density at radius 2 is 0.652 bits per heavy atom. The molecule has 376 valence electrons. The fourth-order valence-electron chi connectivity index (χ4n) is 7.45. The van der Waals surface area contributed by atoms with Gasteiger partial charge in [0.1, 0.15) is 6.61 Å². The summed E-state index contributed by atoms with van der Waals surface area (Å²) in [6.45, 7) is 4.00. The van der Waals surface area contributed by atoms with Crippen molar-refractivity contribution in [2.75, 3.05) is 13.2 Å². The van der Waals surface area contributed by atoms with Gasteiger partial charge in [-0.3, -0.25) is 9.59 Å². The van der Waals surface area contributed by atoms with E-state index in [2.05, 4.69) is 123 Å². The van der Waals surface area contributed by atoms with Crippen molar-refractivity contribution in [1.29, 1.82) is 0 Å². The largest absolute Gasteiger partial charge is 0.462 e. The van der Waals surface area contributed by atoms with Crippen molar-refractivity contribution in [2.45, 2.75) is 251 Å². The van der Waals surface area contributed by atoms with E-state index in [9.17, 15) is 14.7 Å². The first-order valence-corrected chi connectivity index (χ1v) is 27.4. The third-order valence-corrected chi connectivity index (χ3v) is 11.6. The van der Waals surface area contributed by atoms with Crippen LogP contribution in [-0.2, 0) is 19.1 Å². The van der Waals surface area contributed by atoms with Crippen molar-refractivity contribution in [3.05, 3.63) is 109 Å². The Balaban J connectivity index is 3.56. The third-order valence-electron chi connectivity index (χ3n) is 11.6. The lowest BCUT2D eigenvalue weighted by atomic mass is 10.0. The van der Waals surface area contributed by atoms with Crippen LogP contribution in [0.3, 0.4) is 0 Å². The third kappa shape index (κ3) is 53.2. The number of aliphatic hydroxyl groups is 1. The monoisotopic (exact) mass is 915 g/mol. The van der Waals surface area contributed by atoms with Gasteiger partial charge in [0.25, 0.3) is 0 Å². The number of hydrogen-bond donors (Lipinski definition) is 1. The van der Waals surface area contributed by atoms with Crippen LogP contribution in [0.4, 0.5) is 0 Å². The predicted octanol–water partition coefficient (Wildman–Crippen LogP) is 18.5. The highest BCUT2D eigenvalue weighted by molar-refractivity contribution is 5.70. The van der Waals surface area contributed by atoms with Gasteiger partial charge in [-0.05, 0) is 103 Å². The summed E-state index contributed by atoms with van der Waals surface area (Å²) in [6.07, 6.45) is 80.5. The summed E-state index contributed by atoms with van der Waals surface area (Å²) in [5.41, 5.74) is 0. The zero-order valence-electron chi connectivity index (χ0n) is 42.9. The number of aliphatic hydroxyl groups excluding tert-OH is 1. The van der Waals surface area contributed by atoms with Crippen molar-refractivity contribution < 1.29 is 24.2 Å². The molecule has 5 heteroatoms. The molecule has 0 aromatic carbocycles. The van der Waals surface area contributed by atoms with E-state index in [0.717, 1.165) is 103 Å². The number of carbonyl (C=O) groups is 2. The molecular weight excluding hydrogens is 813 g/mol. The molecule has 0 amide bonds. The molecule has 5 nitrogen and oxygen atoms in total. The topological polar surface area (TPSA) is 72.8 Å². The Morgan fingerprint density at radius 1 is 0.364 bits per heavy atom. The van der Waals surface area contributed by atoms with Crippen LogP contribution in [-0.4, -0.2) is 36.4 Å². The molecule has 0 spiro atoms. The van der Waals surface area contributed by atoms with Crippen LogP contribution >= 0.6 is 0 Å². The van der Waals surface area contributed by atoms with Crippen LogP contribution in [0.2, 0.25) is 0 Å². The molecule has 0 bridgehead atoms. The lowest BCUT2D eigenvalue weighted by molar-refractivity contribution is -0.161. The molecular formula is C61H102O5. The van der Waals surface area contributed by atoms with Gasteiger partial charge < -0.3 is 14.6 Å². The van der Waals surface area contributed by atoms with E-state index in [0.29, 0.717) is 12.8 Å². The molecule has 0 aliphatic rings. The predicted molar refractivity (Wildman–Crippen MR) is 288 cm³/mol. The second kappa shape index (κ2) is 55.9. The quantitative estimate of drug-likeness (QED) is 0.0374. The number of unbranched alkanes of at least 4 members (excludes halogenated alkanes) is 23. The minimum Gasteiger partial charge on any atom is -0.462 e. The normalized spacial score (nSPS) is 13.1. The molecule has 0 aromatic rings. The molecule has 0 heterocycles. The van der Waals surface area contributed by atoms with Crippen LogP contribution in [0.15, 0.2) is 109 Å². The van der Waals surface area contributed by atoms with Crippen molar-refractivity contribution in [1.82, 2.24) is 0 Å². The average molecular weight is 915 g/mol. The van der Waals surface area contributed by atoms with E-state index in [-0.39, 0.29) is 25.2 Å². The Hall–Kier alpha value is -3.44. The Bertz CT molecular complexity index is 1310. The van der Waals surface area contributed by atoms with Crippen molar-refractivity contribution >= 4 is 11.9 Å². The summed E-state index contributed by atoms with van der Waals surface area (Å²) >= 11 is 0. The van der Waals surface area contributed by atoms with Gasteiger partial charge in [-0.15, -0.1) is 0 Å². The van der Waals surface area contributed by atoms with Crippen LogP contribution in [0.25, 0.3) is 0 Å². The highest BCUT2D eigenvalue weighted by atomic mass is 16.6. The molecule has 1 N–H and O–H groups in total. The van der Waals surface area contributed by atoms with Gasteiger partial charge in [-0.2, -0.15) is 0 Å². The minimum absolute atomic E-state index is 0.0824. The van der Waals surface area contributed by atoms with Gasteiger partial charge >= 0.3 is 11.9 Å². The molecule has 0 aliphatic carbocycles. The number of carbonyl (C=O) groups excluding carboxylic acids is 2. The van der Waals surface area contributed by atoms with Gasteiger partial charge in [0.2, 0.25) is 0 Å². The number of rotatable bonds is 49. The van der Waals surface area contributed by atoms with Gasteiger partial charge in [0.05, 0.1) is 6.61 Å².